The summed E-state index contributed by atoms with van der Waals surface area (Å²) in [6.45, 7) is 4.74. The Kier molecular flexibility index (Phi) is 6.65. The normalized spacial score (nSPS) is 10.7. The fraction of sp³-hybridized carbons (Fsp3) is 0.538. The van der Waals surface area contributed by atoms with Crippen LogP contribution in [0, 0.1) is 0 Å². The van der Waals surface area contributed by atoms with Gasteiger partial charge >= 0.3 is 0 Å². The molecule has 0 N–H and O–H groups in total. The van der Waals surface area contributed by atoms with E-state index < -0.39 is 0 Å². The maximum absolute atomic E-state index is 12.5. The van der Waals surface area contributed by atoms with Crippen LogP contribution >= 0.6 is 27.5 Å². The standard InChI is InChI=1S/C13H18BrClN2O/c1-3-12(4-2)17(6-5-15)13(18)10-7-11(14)9-16-8-10/h7-9,12H,3-6H2,1-2H3. The number of pyridine rings is 1. The summed E-state index contributed by atoms with van der Waals surface area (Å²) in [7, 11) is 0. The van der Waals surface area contributed by atoms with Crippen LogP contribution in [0.15, 0.2) is 22.9 Å². The second-order valence-corrected chi connectivity index (χ2v) is 5.34. The van der Waals surface area contributed by atoms with Crippen molar-refractivity contribution in [2.45, 2.75) is 32.7 Å². The number of halogens is 2. The number of carbonyl (C=O) groups excluding carboxylic acids is 1. The molecule has 0 radical (unpaired) electrons. The van der Waals surface area contributed by atoms with E-state index >= 15 is 0 Å². The third-order valence-electron chi connectivity index (χ3n) is 2.92. The lowest BCUT2D eigenvalue weighted by Crippen LogP contribution is -2.41. The predicted molar refractivity (Wildman–Crippen MR) is 78.1 cm³/mol. The number of carbonyl (C=O) groups is 1. The highest BCUT2D eigenvalue weighted by atomic mass is 79.9. The Balaban J connectivity index is 2.95. The summed E-state index contributed by atoms with van der Waals surface area (Å²) in [6, 6.07) is 2.02. The zero-order valence-electron chi connectivity index (χ0n) is 10.7. The molecule has 0 saturated carbocycles. The van der Waals surface area contributed by atoms with Crippen molar-refractivity contribution in [3.63, 3.8) is 0 Å². The number of hydrogen-bond donors (Lipinski definition) is 0. The van der Waals surface area contributed by atoms with Crippen molar-refractivity contribution in [3.05, 3.63) is 28.5 Å². The van der Waals surface area contributed by atoms with Gasteiger partial charge in [-0.1, -0.05) is 13.8 Å². The minimum absolute atomic E-state index is 0.00171. The van der Waals surface area contributed by atoms with E-state index in [0.717, 1.165) is 17.3 Å². The average Bonchev–Trinajstić information content (AvgIpc) is 2.38. The highest BCUT2D eigenvalue weighted by Gasteiger charge is 2.22. The highest BCUT2D eigenvalue weighted by molar-refractivity contribution is 9.10. The zero-order chi connectivity index (χ0) is 13.5. The van der Waals surface area contributed by atoms with Crippen LogP contribution in [-0.2, 0) is 0 Å². The Hall–Kier alpha value is -0.610. The van der Waals surface area contributed by atoms with Gasteiger partial charge in [-0.15, -0.1) is 11.6 Å². The monoisotopic (exact) mass is 332 g/mol. The highest BCUT2D eigenvalue weighted by Crippen LogP contribution is 2.16. The first-order valence-electron chi connectivity index (χ1n) is 6.11. The van der Waals surface area contributed by atoms with Crippen LogP contribution in [0.2, 0.25) is 0 Å². The molecule has 0 atom stereocenters. The van der Waals surface area contributed by atoms with Crippen molar-refractivity contribution in [1.82, 2.24) is 9.88 Å². The first-order chi connectivity index (χ1) is 8.63. The minimum atomic E-state index is -0.00171. The molecule has 0 saturated heterocycles. The van der Waals surface area contributed by atoms with Gasteiger partial charge in [-0.25, -0.2) is 0 Å². The van der Waals surface area contributed by atoms with Crippen LogP contribution in [0.25, 0.3) is 0 Å². The Morgan fingerprint density at radius 1 is 1.44 bits per heavy atom. The molecule has 0 aliphatic carbocycles. The number of nitrogens with zero attached hydrogens (tertiary/aromatic N) is 2. The maximum Gasteiger partial charge on any atom is 0.255 e. The van der Waals surface area contributed by atoms with Gasteiger partial charge in [-0.2, -0.15) is 0 Å². The number of aromatic nitrogens is 1. The van der Waals surface area contributed by atoms with E-state index in [1.807, 2.05) is 4.90 Å². The van der Waals surface area contributed by atoms with Crippen molar-refractivity contribution in [1.29, 1.82) is 0 Å². The molecule has 0 aliphatic rings. The van der Waals surface area contributed by atoms with E-state index in [-0.39, 0.29) is 11.9 Å². The smallest absolute Gasteiger partial charge is 0.255 e. The van der Waals surface area contributed by atoms with Crippen molar-refractivity contribution >= 4 is 33.4 Å². The largest absolute Gasteiger partial charge is 0.334 e. The van der Waals surface area contributed by atoms with Gasteiger partial charge in [0.1, 0.15) is 0 Å². The Labute approximate surface area is 122 Å². The van der Waals surface area contributed by atoms with Crippen molar-refractivity contribution < 1.29 is 4.79 Å². The summed E-state index contributed by atoms with van der Waals surface area (Å²) in [6.07, 6.45) is 5.12. The second-order valence-electron chi connectivity index (χ2n) is 4.05. The van der Waals surface area contributed by atoms with Crippen LogP contribution in [0.1, 0.15) is 37.0 Å². The zero-order valence-corrected chi connectivity index (χ0v) is 13.0. The first kappa shape index (κ1) is 15.4. The summed E-state index contributed by atoms with van der Waals surface area (Å²) in [5.74, 6) is 0.446. The fourth-order valence-corrected chi connectivity index (χ4v) is 2.51. The lowest BCUT2D eigenvalue weighted by molar-refractivity contribution is 0.0681. The van der Waals surface area contributed by atoms with Gasteiger partial charge in [0.15, 0.2) is 0 Å². The lowest BCUT2D eigenvalue weighted by atomic mass is 10.1. The van der Waals surface area contributed by atoms with E-state index in [1.54, 1.807) is 18.5 Å². The number of hydrogen-bond acceptors (Lipinski definition) is 2. The molecule has 1 heterocycles. The molecular weight excluding hydrogens is 316 g/mol. The Morgan fingerprint density at radius 3 is 2.61 bits per heavy atom. The molecular formula is C13H18BrClN2O. The van der Waals surface area contributed by atoms with E-state index in [1.165, 1.54) is 0 Å². The number of rotatable bonds is 6. The SMILES string of the molecule is CCC(CC)N(CCCl)C(=O)c1cncc(Br)c1. The summed E-state index contributed by atoms with van der Waals surface area (Å²) in [5, 5.41) is 0. The van der Waals surface area contributed by atoms with Crippen LogP contribution < -0.4 is 0 Å². The molecule has 3 nitrogen and oxygen atoms in total. The van der Waals surface area contributed by atoms with E-state index in [4.69, 9.17) is 11.6 Å². The van der Waals surface area contributed by atoms with Crippen LogP contribution in [0.4, 0.5) is 0 Å². The number of amides is 1. The van der Waals surface area contributed by atoms with Crippen LogP contribution in [0.5, 0.6) is 0 Å². The van der Waals surface area contributed by atoms with E-state index in [0.29, 0.717) is 18.0 Å². The molecule has 1 aromatic heterocycles. The summed E-state index contributed by atoms with van der Waals surface area (Å²) < 4.78 is 0.809. The van der Waals surface area contributed by atoms with Crippen LogP contribution in [-0.4, -0.2) is 34.3 Å². The third kappa shape index (κ3) is 3.95. The summed E-state index contributed by atoms with van der Waals surface area (Å²) >= 11 is 9.13. The van der Waals surface area contributed by atoms with Gasteiger partial charge in [0.05, 0.1) is 5.56 Å². The average molecular weight is 334 g/mol. The lowest BCUT2D eigenvalue weighted by Gasteiger charge is -2.30. The Morgan fingerprint density at radius 2 is 2.11 bits per heavy atom. The molecule has 1 rings (SSSR count). The van der Waals surface area contributed by atoms with Crippen molar-refractivity contribution in [2.24, 2.45) is 0 Å². The van der Waals surface area contributed by atoms with E-state index in [9.17, 15) is 4.79 Å². The van der Waals surface area contributed by atoms with Gasteiger partial charge in [0.25, 0.3) is 5.91 Å². The molecule has 0 bridgehead atoms. The molecule has 1 amide bonds. The second kappa shape index (κ2) is 7.74. The topological polar surface area (TPSA) is 33.2 Å². The molecule has 0 spiro atoms. The van der Waals surface area contributed by atoms with Crippen molar-refractivity contribution in [2.75, 3.05) is 12.4 Å². The van der Waals surface area contributed by atoms with Gasteiger partial charge < -0.3 is 4.90 Å². The molecule has 18 heavy (non-hydrogen) atoms. The van der Waals surface area contributed by atoms with Gasteiger partial charge in [0.2, 0.25) is 0 Å². The van der Waals surface area contributed by atoms with E-state index in [2.05, 4.69) is 34.8 Å². The minimum Gasteiger partial charge on any atom is -0.334 e. The van der Waals surface area contributed by atoms with Crippen molar-refractivity contribution in [3.8, 4) is 0 Å². The molecule has 100 valence electrons. The van der Waals surface area contributed by atoms with Gasteiger partial charge in [0, 0.05) is 35.3 Å². The predicted octanol–water partition coefficient (Wildman–Crippen LogP) is 3.71. The summed E-state index contributed by atoms with van der Waals surface area (Å²) in [5.41, 5.74) is 0.599. The molecule has 0 fully saturated rings. The number of alkyl halides is 1. The summed E-state index contributed by atoms with van der Waals surface area (Å²) in [4.78, 5) is 18.3. The molecule has 0 unspecified atom stereocenters. The van der Waals surface area contributed by atoms with Crippen LogP contribution in [0.3, 0.4) is 0 Å². The fourth-order valence-electron chi connectivity index (χ4n) is 1.97. The molecule has 0 aromatic carbocycles. The molecule has 5 heteroatoms. The first-order valence-corrected chi connectivity index (χ1v) is 7.44. The van der Waals surface area contributed by atoms with Gasteiger partial charge in [-0.05, 0) is 34.8 Å². The Bertz CT molecular complexity index is 396. The molecule has 1 aromatic rings. The third-order valence-corrected chi connectivity index (χ3v) is 3.52. The maximum atomic E-state index is 12.5. The molecule has 0 aliphatic heterocycles. The quantitative estimate of drug-likeness (QED) is 0.743. The van der Waals surface area contributed by atoms with Gasteiger partial charge in [-0.3, -0.25) is 9.78 Å².